The molecule has 2 aromatic rings. The molecule has 0 radical (unpaired) electrons. The number of hydrogen-bond donors (Lipinski definition) is 0. The van der Waals surface area contributed by atoms with Gasteiger partial charge in [0.05, 0.1) is 0 Å². The highest BCUT2D eigenvalue weighted by atomic mass is 79.9. The van der Waals surface area contributed by atoms with Gasteiger partial charge in [-0.25, -0.2) is 0 Å². The van der Waals surface area contributed by atoms with E-state index in [0.717, 1.165) is 15.8 Å². The molecule has 0 amide bonds. The summed E-state index contributed by atoms with van der Waals surface area (Å²) in [7, 11) is 0. The summed E-state index contributed by atoms with van der Waals surface area (Å²) in [6, 6.07) is 5.83. The monoisotopic (exact) mass is 282 g/mol. The van der Waals surface area contributed by atoms with E-state index in [0.29, 0.717) is 18.4 Å². The van der Waals surface area contributed by atoms with Crippen LogP contribution in [0.1, 0.15) is 17.3 Å². The maximum absolute atomic E-state index is 5.57. The minimum absolute atomic E-state index is 0.295. The van der Waals surface area contributed by atoms with Crippen LogP contribution in [0.25, 0.3) is 0 Å². The van der Waals surface area contributed by atoms with Gasteiger partial charge < -0.3 is 9.15 Å². The summed E-state index contributed by atoms with van der Waals surface area (Å²) in [6.07, 6.45) is 0. The summed E-state index contributed by atoms with van der Waals surface area (Å²) in [5.41, 5.74) is 1.06. The number of halogens is 1. The van der Waals surface area contributed by atoms with Crippen LogP contribution in [0, 0.1) is 13.8 Å². The van der Waals surface area contributed by atoms with Gasteiger partial charge in [-0.15, -0.1) is 10.2 Å². The van der Waals surface area contributed by atoms with Gasteiger partial charge in [0.25, 0.3) is 5.89 Å². The van der Waals surface area contributed by atoms with Crippen LogP contribution in [-0.4, -0.2) is 10.2 Å². The highest BCUT2D eigenvalue weighted by Crippen LogP contribution is 2.22. The summed E-state index contributed by atoms with van der Waals surface area (Å²) < 4.78 is 11.8. The average Bonchev–Trinajstić information content (AvgIpc) is 2.63. The summed E-state index contributed by atoms with van der Waals surface area (Å²) >= 11 is 3.40. The van der Waals surface area contributed by atoms with Crippen molar-refractivity contribution in [2.75, 3.05) is 0 Å². The van der Waals surface area contributed by atoms with Crippen molar-refractivity contribution in [2.24, 2.45) is 0 Å². The third-order valence-corrected chi connectivity index (χ3v) is 2.55. The maximum atomic E-state index is 5.57. The molecule has 2 rings (SSSR count). The lowest BCUT2D eigenvalue weighted by molar-refractivity contribution is 0.259. The summed E-state index contributed by atoms with van der Waals surface area (Å²) in [6.45, 7) is 4.03. The first-order valence-corrected chi connectivity index (χ1v) is 5.62. The Morgan fingerprint density at radius 3 is 2.75 bits per heavy atom. The van der Waals surface area contributed by atoms with E-state index < -0.39 is 0 Å². The fraction of sp³-hybridized carbons (Fsp3) is 0.273. The predicted octanol–water partition coefficient (Wildman–Crippen LogP) is 3.03. The molecule has 16 heavy (non-hydrogen) atoms. The second kappa shape index (κ2) is 4.65. The van der Waals surface area contributed by atoms with Crippen molar-refractivity contribution < 1.29 is 9.15 Å². The highest BCUT2D eigenvalue weighted by Gasteiger charge is 2.05. The molecule has 0 aliphatic heterocycles. The Morgan fingerprint density at radius 2 is 2.12 bits per heavy atom. The van der Waals surface area contributed by atoms with Crippen molar-refractivity contribution in [1.82, 2.24) is 10.2 Å². The van der Waals surface area contributed by atoms with Crippen molar-refractivity contribution in [3.8, 4) is 5.75 Å². The first-order chi connectivity index (χ1) is 7.65. The van der Waals surface area contributed by atoms with Crippen LogP contribution in [-0.2, 0) is 6.61 Å². The van der Waals surface area contributed by atoms with E-state index in [1.54, 1.807) is 6.92 Å². The smallest absolute Gasteiger partial charge is 0.253 e. The maximum Gasteiger partial charge on any atom is 0.253 e. The van der Waals surface area contributed by atoms with Crippen LogP contribution in [0.3, 0.4) is 0 Å². The summed E-state index contributed by atoms with van der Waals surface area (Å²) in [5, 5.41) is 7.59. The molecule has 1 heterocycles. The van der Waals surface area contributed by atoms with Crippen molar-refractivity contribution in [2.45, 2.75) is 20.5 Å². The van der Waals surface area contributed by atoms with Crippen molar-refractivity contribution >= 4 is 15.9 Å². The van der Waals surface area contributed by atoms with E-state index >= 15 is 0 Å². The number of benzene rings is 1. The van der Waals surface area contributed by atoms with E-state index in [1.807, 2.05) is 25.1 Å². The van der Waals surface area contributed by atoms with Crippen molar-refractivity contribution in [3.05, 3.63) is 40.0 Å². The van der Waals surface area contributed by atoms with E-state index in [9.17, 15) is 0 Å². The Balaban J connectivity index is 2.04. The van der Waals surface area contributed by atoms with E-state index in [4.69, 9.17) is 9.15 Å². The second-order valence-corrected chi connectivity index (χ2v) is 4.33. The van der Waals surface area contributed by atoms with Gasteiger partial charge in [0.15, 0.2) is 6.61 Å². The molecule has 1 aromatic heterocycles. The van der Waals surface area contributed by atoms with Gasteiger partial charge in [0, 0.05) is 11.4 Å². The quantitative estimate of drug-likeness (QED) is 0.868. The molecule has 0 spiro atoms. The molecule has 0 aliphatic carbocycles. The molecule has 5 heteroatoms. The minimum atomic E-state index is 0.295. The molecule has 0 fully saturated rings. The SMILES string of the molecule is Cc1nnc(COc2ccc(Br)cc2C)o1. The van der Waals surface area contributed by atoms with Gasteiger partial charge in [-0.2, -0.15) is 0 Å². The molecular formula is C11H11BrN2O2. The lowest BCUT2D eigenvalue weighted by Crippen LogP contribution is -1.97. The minimum Gasteiger partial charge on any atom is -0.484 e. The van der Waals surface area contributed by atoms with Gasteiger partial charge in [0.1, 0.15) is 5.75 Å². The number of aryl methyl sites for hydroxylation is 2. The lowest BCUT2D eigenvalue weighted by Gasteiger charge is -2.06. The Hall–Kier alpha value is -1.36. The molecule has 0 unspecified atom stereocenters. The summed E-state index contributed by atoms with van der Waals surface area (Å²) in [4.78, 5) is 0. The molecule has 0 bridgehead atoms. The van der Waals surface area contributed by atoms with Crippen LogP contribution in [0.4, 0.5) is 0 Å². The first kappa shape index (κ1) is 11.1. The zero-order valence-corrected chi connectivity index (χ0v) is 10.6. The van der Waals surface area contributed by atoms with E-state index in [-0.39, 0.29) is 0 Å². The van der Waals surface area contributed by atoms with Crippen molar-refractivity contribution in [1.29, 1.82) is 0 Å². The lowest BCUT2D eigenvalue weighted by atomic mass is 10.2. The standard InChI is InChI=1S/C11H11BrN2O2/c1-7-5-9(12)3-4-10(7)15-6-11-14-13-8(2)16-11/h3-5H,6H2,1-2H3. The highest BCUT2D eigenvalue weighted by molar-refractivity contribution is 9.10. The second-order valence-electron chi connectivity index (χ2n) is 3.41. The van der Waals surface area contributed by atoms with Crippen LogP contribution < -0.4 is 4.74 Å². The van der Waals surface area contributed by atoms with Crippen LogP contribution in [0.5, 0.6) is 5.75 Å². The van der Waals surface area contributed by atoms with E-state index in [1.165, 1.54) is 0 Å². The number of aromatic nitrogens is 2. The Morgan fingerprint density at radius 1 is 1.31 bits per heavy atom. The van der Waals surface area contributed by atoms with Crippen molar-refractivity contribution in [3.63, 3.8) is 0 Å². The van der Waals surface area contributed by atoms with Gasteiger partial charge in [0.2, 0.25) is 5.89 Å². The zero-order valence-electron chi connectivity index (χ0n) is 9.03. The molecule has 0 atom stereocenters. The molecule has 0 aliphatic rings. The Labute approximate surface area is 102 Å². The molecule has 0 N–H and O–H groups in total. The van der Waals surface area contributed by atoms with Gasteiger partial charge in [-0.05, 0) is 30.7 Å². The topological polar surface area (TPSA) is 48.2 Å². The third kappa shape index (κ3) is 2.61. The third-order valence-electron chi connectivity index (χ3n) is 2.06. The number of rotatable bonds is 3. The number of hydrogen-bond acceptors (Lipinski definition) is 4. The van der Waals surface area contributed by atoms with Crippen LogP contribution in [0.15, 0.2) is 27.1 Å². The van der Waals surface area contributed by atoms with E-state index in [2.05, 4.69) is 26.1 Å². The Bertz CT molecular complexity index is 496. The average molecular weight is 283 g/mol. The summed E-state index contributed by atoms with van der Waals surface area (Å²) in [5.74, 6) is 1.85. The largest absolute Gasteiger partial charge is 0.484 e. The van der Waals surface area contributed by atoms with Crippen LogP contribution >= 0.6 is 15.9 Å². The Kier molecular flexibility index (Phi) is 3.24. The molecule has 0 saturated carbocycles. The number of ether oxygens (including phenoxy) is 1. The fourth-order valence-corrected chi connectivity index (χ4v) is 1.79. The first-order valence-electron chi connectivity index (χ1n) is 4.83. The predicted molar refractivity (Wildman–Crippen MR) is 62.2 cm³/mol. The molecular weight excluding hydrogens is 272 g/mol. The molecule has 4 nitrogen and oxygen atoms in total. The molecule has 1 aromatic carbocycles. The molecule has 0 saturated heterocycles. The van der Waals surface area contributed by atoms with Gasteiger partial charge in [-0.3, -0.25) is 0 Å². The molecule has 84 valence electrons. The zero-order chi connectivity index (χ0) is 11.5. The van der Waals surface area contributed by atoms with Gasteiger partial charge in [-0.1, -0.05) is 15.9 Å². The number of nitrogens with zero attached hydrogens (tertiary/aromatic N) is 2. The fourth-order valence-electron chi connectivity index (χ4n) is 1.31. The normalized spacial score (nSPS) is 10.4. The van der Waals surface area contributed by atoms with Gasteiger partial charge >= 0.3 is 0 Å². The van der Waals surface area contributed by atoms with Crippen LogP contribution in [0.2, 0.25) is 0 Å².